The van der Waals surface area contributed by atoms with Gasteiger partial charge in [-0.2, -0.15) is 13.2 Å². The minimum absolute atomic E-state index is 0.0562. The highest BCUT2D eigenvalue weighted by molar-refractivity contribution is 9.10. The minimum Gasteiger partial charge on any atom is -0.338 e. The molecule has 1 saturated heterocycles. The number of alkyl halides is 3. The Labute approximate surface area is 157 Å². The van der Waals surface area contributed by atoms with Crippen molar-refractivity contribution in [2.24, 2.45) is 0 Å². The molecular weight excluding hydrogens is 417 g/mol. The van der Waals surface area contributed by atoms with Crippen LogP contribution in [0, 0.1) is 0 Å². The van der Waals surface area contributed by atoms with E-state index < -0.39 is 17.6 Å². The van der Waals surface area contributed by atoms with Crippen molar-refractivity contribution in [3.63, 3.8) is 0 Å². The van der Waals surface area contributed by atoms with E-state index in [0.29, 0.717) is 32.7 Å². The van der Waals surface area contributed by atoms with Crippen LogP contribution in [-0.4, -0.2) is 61.0 Å². The number of piperazine rings is 1. The molecule has 1 aliphatic rings. The number of anilines is 1. The SMILES string of the molecule is CCNC(=O)N1CCN(CC(=O)Nc2ccc(Br)c(C(F)(F)F)c2)CC1. The maximum Gasteiger partial charge on any atom is 0.417 e. The van der Waals surface area contributed by atoms with Crippen molar-refractivity contribution in [2.45, 2.75) is 13.1 Å². The van der Waals surface area contributed by atoms with Crippen molar-refractivity contribution in [3.8, 4) is 0 Å². The third-order valence-electron chi connectivity index (χ3n) is 3.91. The highest BCUT2D eigenvalue weighted by Crippen LogP contribution is 2.36. The van der Waals surface area contributed by atoms with Gasteiger partial charge in [0.2, 0.25) is 5.91 Å². The average Bonchev–Trinajstić information content (AvgIpc) is 2.56. The Kier molecular flexibility index (Phi) is 6.87. The molecule has 0 radical (unpaired) electrons. The number of benzene rings is 1. The first-order chi connectivity index (χ1) is 12.2. The zero-order valence-electron chi connectivity index (χ0n) is 14.2. The second kappa shape index (κ2) is 8.72. The van der Waals surface area contributed by atoms with E-state index in [2.05, 4.69) is 26.6 Å². The molecule has 1 aliphatic heterocycles. The molecule has 0 aromatic heterocycles. The molecule has 1 aromatic carbocycles. The number of carbonyl (C=O) groups is 2. The van der Waals surface area contributed by atoms with Gasteiger partial charge in [0.25, 0.3) is 0 Å². The molecule has 0 saturated carbocycles. The lowest BCUT2D eigenvalue weighted by molar-refractivity contribution is -0.138. The Morgan fingerprint density at radius 2 is 1.85 bits per heavy atom. The maximum absolute atomic E-state index is 12.9. The number of nitrogens with one attached hydrogen (secondary N) is 2. The molecule has 10 heteroatoms. The Bertz CT molecular complexity index is 661. The van der Waals surface area contributed by atoms with Gasteiger partial charge in [0.1, 0.15) is 0 Å². The predicted octanol–water partition coefficient (Wildman–Crippen LogP) is 2.75. The van der Waals surface area contributed by atoms with Gasteiger partial charge in [-0.3, -0.25) is 9.69 Å². The number of rotatable bonds is 4. The first-order valence-electron chi connectivity index (χ1n) is 8.12. The topological polar surface area (TPSA) is 64.7 Å². The number of urea groups is 1. The van der Waals surface area contributed by atoms with Gasteiger partial charge in [-0.15, -0.1) is 0 Å². The lowest BCUT2D eigenvalue weighted by Gasteiger charge is -2.34. The molecule has 0 unspecified atom stereocenters. The standard InChI is InChI=1S/C16H20BrF3N4O2/c1-2-21-15(26)24-7-5-23(6-8-24)10-14(25)22-11-3-4-13(17)12(9-11)16(18,19)20/h3-4,9H,2,5-8,10H2,1H3,(H,21,26)(H,22,25). The van der Waals surface area contributed by atoms with Crippen LogP contribution in [0.15, 0.2) is 22.7 Å². The van der Waals surface area contributed by atoms with Crippen LogP contribution < -0.4 is 10.6 Å². The molecule has 0 aliphatic carbocycles. The number of nitrogens with zero attached hydrogens (tertiary/aromatic N) is 2. The molecule has 6 nitrogen and oxygen atoms in total. The Morgan fingerprint density at radius 3 is 2.42 bits per heavy atom. The molecule has 0 spiro atoms. The molecule has 3 amide bonds. The van der Waals surface area contributed by atoms with Gasteiger partial charge in [-0.25, -0.2) is 4.79 Å². The van der Waals surface area contributed by atoms with Crippen LogP contribution in [0.5, 0.6) is 0 Å². The van der Waals surface area contributed by atoms with Crippen LogP contribution >= 0.6 is 15.9 Å². The second-order valence-corrected chi connectivity index (χ2v) is 6.69. The van der Waals surface area contributed by atoms with Crippen molar-refractivity contribution in [1.82, 2.24) is 15.1 Å². The van der Waals surface area contributed by atoms with Crippen molar-refractivity contribution in [2.75, 3.05) is 44.6 Å². The van der Waals surface area contributed by atoms with Crippen molar-refractivity contribution in [3.05, 3.63) is 28.2 Å². The molecule has 144 valence electrons. The number of halogens is 4. The summed E-state index contributed by atoms with van der Waals surface area (Å²) >= 11 is 2.86. The smallest absolute Gasteiger partial charge is 0.338 e. The minimum atomic E-state index is -4.50. The Hall–Kier alpha value is -1.81. The Balaban J connectivity index is 1.87. The van der Waals surface area contributed by atoms with E-state index in [-0.39, 0.29) is 22.7 Å². The zero-order chi connectivity index (χ0) is 19.3. The summed E-state index contributed by atoms with van der Waals surface area (Å²) in [6, 6.07) is 3.43. The molecule has 2 rings (SSSR count). The summed E-state index contributed by atoms with van der Waals surface area (Å²) in [5.41, 5.74) is -0.752. The summed E-state index contributed by atoms with van der Waals surface area (Å²) < 4.78 is 38.6. The lowest BCUT2D eigenvalue weighted by atomic mass is 10.2. The van der Waals surface area contributed by atoms with E-state index in [1.807, 2.05) is 11.8 Å². The van der Waals surface area contributed by atoms with Gasteiger partial charge in [0.15, 0.2) is 0 Å². The van der Waals surface area contributed by atoms with E-state index in [4.69, 9.17) is 0 Å². The van der Waals surface area contributed by atoms with E-state index in [1.54, 1.807) is 4.90 Å². The van der Waals surface area contributed by atoms with Crippen molar-refractivity contribution < 1.29 is 22.8 Å². The van der Waals surface area contributed by atoms with Crippen LogP contribution in [0.2, 0.25) is 0 Å². The molecule has 0 bridgehead atoms. The fraction of sp³-hybridized carbons (Fsp3) is 0.500. The van der Waals surface area contributed by atoms with Crippen LogP contribution in [0.1, 0.15) is 12.5 Å². The summed E-state index contributed by atoms with van der Waals surface area (Å²) in [6.45, 7) is 4.49. The quantitative estimate of drug-likeness (QED) is 0.762. The lowest BCUT2D eigenvalue weighted by Crippen LogP contribution is -2.53. The van der Waals surface area contributed by atoms with E-state index in [0.717, 1.165) is 6.07 Å². The molecular formula is C16H20BrF3N4O2. The predicted molar refractivity (Wildman–Crippen MR) is 94.9 cm³/mol. The van der Waals surface area contributed by atoms with Crippen molar-refractivity contribution in [1.29, 1.82) is 0 Å². The van der Waals surface area contributed by atoms with Gasteiger partial charge >= 0.3 is 12.2 Å². The fourth-order valence-electron chi connectivity index (χ4n) is 2.60. The van der Waals surface area contributed by atoms with Crippen LogP contribution in [0.4, 0.5) is 23.7 Å². The fourth-order valence-corrected chi connectivity index (χ4v) is 3.07. The van der Waals surface area contributed by atoms with E-state index in [1.165, 1.54) is 12.1 Å². The third-order valence-corrected chi connectivity index (χ3v) is 4.60. The summed E-state index contributed by atoms with van der Waals surface area (Å²) in [5.74, 6) is -0.396. The van der Waals surface area contributed by atoms with Crippen LogP contribution in [0.25, 0.3) is 0 Å². The molecule has 1 fully saturated rings. The first kappa shape index (κ1) is 20.5. The largest absolute Gasteiger partial charge is 0.417 e. The summed E-state index contributed by atoms with van der Waals surface area (Å²) in [5, 5.41) is 5.21. The molecule has 1 heterocycles. The first-order valence-corrected chi connectivity index (χ1v) is 8.91. The molecule has 0 atom stereocenters. The van der Waals surface area contributed by atoms with Crippen LogP contribution in [-0.2, 0) is 11.0 Å². The van der Waals surface area contributed by atoms with E-state index >= 15 is 0 Å². The molecule has 1 aromatic rings. The van der Waals surface area contributed by atoms with Gasteiger partial charge in [-0.1, -0.05) is 15.9 Å². The summed E-state index contributed by atoms with van der Waals surface area (Å²) in [4.78, 5) is 27.4. The van der Waals surface area contributed by atoms with Crippen LogP contribution in [0.3, 0.4) is 0 Å². The average molecular weight is 437 g/mol. The zero-order valence-corrected chi connectivity index (χ0v) is 15.8. The van der Waals surface area contributed by atoms with Gasteiger partial charge in [0, 0.05) is 42.9 Å². The second-order valence-electron chi connectivity index (χ2n) is 5.84. The van der Waals surface area contributed by atoms with Gasteiger partial charge < -0.3 is 15.5 Å². The summed E-state index contributed by atoms with van der Waals surface area (Å²) in [7, 11) is 0. The monoisotopic (exact) mass is 436 g/mol. The Morgan fingerprint density at radius 1 is 1.19 bits per heavy atom. The van der Waals surface area contributed by atoms with Crippen molar-refractivity contribution >= 4 is 33.6 Å². The number of hydrogen-bond acceptors (Lipinski definition) is 3. The van der Waals surface area contributed by atoms with Gasteiger partial charge in [-0.05, 0) is 25.1 Å². The maximum atomic E-state index is 12.9. The normalized spacial score (nSPS) is 15.7. The van der Waals surface area contributed by atoms with E-state index in [9.17, 15) is 22.8 Å². The number of hydrogen-bond donors (Lipinski definition) is 2. The molecule has 2 N–H and O–H groups in total. The highest BCUT2D eigenvalue weighted by atomic mass is 79.9. The number of amides is 3. The summed E-state index contributed by atoms with van der Waals surface area (Å²) in [6.07, 6.45) is -4.50. The molecule has 26 heavy (non-hydrogen) atoms. The highest BCUT2D eigenvalue weighted by Gasteiger charge is 2.33. The number of carbonyl (C=O) groups excluding carboxylic acids is 2. The third kappa shape index (κ3) is 5.60. The van der Waals surface area contributed by atoms with Gasteiger partial charge in [0.05, 0.1) is 12.1 Å².